The number of aromatic nitrogens is 2. The number of rotatable bonds is 14. The number of hydrogen-bond acceptors (Lipinski definition) is 10. The van der Waals surface area contributed by atoms with Gasteiger partial charge in [-0.2, -0.15) is 0 Å². The van der Waals surface area contributed by atoms with Crippen molar-refractivity contribution in [2.45, 2.75) is 104 Å². The number of ketones is 1. The lowest BCUT2D eigenvalue weighted by Gasteiger charge is -2.35. The van der Waals surface area contributed by atoms with Crippen LogP contribution in [0.15, 0.2) is 36.2 Å². The molecule has 8 atom stereocenters. The van der Waals surface area contributed by atoms with E-state index in [9.17, 15) is 24.3 Å². The Bertz CT molecular complexity index is 2030. The summed E-state index contributed by atoms with van der Waals surface area (Å²) in [7, 11) is 1.53. The third kappa shape index (κ3) is 7.73. The summed E-state index contributed by atoms with van der Waals surface area (Å²) in [5.74, 6) is -0.950. The van der Waals surface area contributed by atoms with Crippen LogP contribution in [0, 0.1) is 34.5 Å². The number of nitrogens with zero attached hydrogens (tertiary/aromatic N) is 3. The van der Waals surface area contributed by atoms with Crippen molar-refractivity contribution in [3.63, 3.8) is 0 Å². The van der Waals surface area contributed by atoms with E-state index in [0.29, 0.717) is 56.4 Å². The first-order valence-electron chi connectivity index (χ1n) is 19.2. The van der Waals surface area contributed by atoms with E-state index in [2.05, 4.69) is 20.4 Å². The second-order valence-corrected chi connectivity index (χ2v) is 18.5. The second-order valence-electron chi connectivity index (χ2n) is 17.3. The number of aliphatic carboxylic acids is 1. The Hall–Kier alpha value is -4.03. The molecule has 1 N–H and O–H groups in total. The van der Waals surface area contributed by atoms with Crippen LogP contribution >= 0.6 is 22.9 Å². The number of hydrogen-bond donors (Lipinski definition) is 1. The van der Waals surface area contributed by atoms with Crippen LogP contribution in [0.3, 0.4) is 0 Å². The van der Waals surface area contributed by atoms with E-state index >= 15 is 0 Å². The minimum Gasteiger partial charge on any atom is -0.495 e. The molecule has 1 amide bonds. The van der Waals surface area contributed by atoms with Gasteiger partial charge in [0.1, 0.15) is 39.4 Å². The molecule has 11 nitrogen and oxygen atoms in total. The van der Waals surface area contributed by atoms with Crippen LogP contribution in [0.25, 0.3) is 21.6 Å². The molecular formula is C42H50ClN3O8S. The smallest absolute Gasteiger partial charge is 0.310 e. The van der Waals surface area contributed by atoms with Crippen molar-refractivity contribution in [1.82, 2.24) is 14.9 Å². The molecule has 3 saturated carbocycles. The number of methoxy groups -OCH3 is 1. The first kappa shape index (κ1) is 39.2. The molecule has 0 bridgehead atoms. The van der Waals surface area contributed by atoms with Crippen molar-refractivity contribution in [3.8, 4) is 22.2 Å². The van der Waals surface area contributed by atoms with Crippen LogP contribution in [-0.2, 0) is 23.9 Å². The van der Waals surface area contributed by atoms with Crippen LogP contribution in [0.5, 0.6) is 11.5 Å². The zero-order chi connectivity index (χ0) is 39.6. The summed E-state index contributed by atoms with van der Waals surface area (Å²) in [6.07, 6.45) is 3.80. The highest BCUT2D eigenvalue weighted by Gasteiger charge is 2.61. The molecule has 3 aromatic rings. The lowest BCUT2D eigenvalue weighted by Crippen LogP contribution is -2.48. The van der Waals surface area contributed by atoms with E-state index in [-0.39, 0.29) is 55.4 Å². The highest BCUT2D eigenvalue weighted by atomic mass is 35.5. The number of amides is 1. The first-order valence-corrected chi connectivity index (χ1v) is 20.5. The second kappa shape index (κ2) is 14.8. The largest absolute Gasteiger partial charge is 0.495 e. The Labute approximate surface area is 330 Å². The van der Waals surface area contributed by atoms with E-state index in [1.165, 1.54) is 29.8 Å². The number of likely N-dealkylation sites (tertiary alicyclic amines) is 1. The molecule has 2 unspecified atom stereocenters. The van der Waals surface area contributed by atoms with Crippen LogP contribution in [-0.4, -0.2) is 75.5 Å². The minimum absolute atomic E-state index is 0.0472. The van der Waals surface area contributed by atoms with Gasteiger partial charge in [-0.1, -0.05) is 52.3 Å². The number of fused-ring (bicyclic) bond motifs is 2. The van der Waals surface area contributed by atoms with E-state index in [1.807, 2.05) is 32.2 Å². The fraction of sp³-hybridized carbons (Fsp3) is 0.571. The zero-order valence-corrected chi connectivity index (χ0v) is 33.9. The average molecular weight is 792 g/mol. The molecule has 4 fully saturated rings. The van der Waals surface area contributed by atoms with Gasteiger partial charge in [0.15, 0.2) is 5.78 Å². The molecule has 1 aliphatic heterocycles. The molecular weight excluding hydrogens is 742 g/mol. The molecule has 0 radical (unpaired) electrons. The number of carboxylic acid groups (broad SMARTS) is 1. The van der Waals surface area contributed by atoms with E-state index < -0.39 is 40.8 Å². The molecule has 13 heteroatoms. The summed E-state index contributed by atoms with van der Waals surface area (Å²) in [5.41, 5.74) is 0.0225. The van der Waals surface area contributed by atoms with Gasteiger partial charge in [-0.3, -0.25) is 19.2 Å². The fourth-order valence-electron chi connectivity index (χ4n) is 8.57. The third-order valence-electron chi connectivity index (χ3n) is 12.2. The van der Waals surface area contributed by atoms with Gasteiger partial charge in [0, 0.05) is 29.7 Å². The standard InChI is InChI=1S/C42H50ClN3O8S/c1-8-24-17-42(24,40(50)51)18-32(47)31-14-26(19-46(31)39(49)28(41(4,5)6)15-35(48)54-25-12-22-11-23(22)13-25)53-34-16-29(38-45-30(20-55-38)21(2)3)44-37-27(34)9-10-33(52-7)36(37)43/h8-10,16,20-26,28,31H,1,11-15,17-19H2,2-7H3,(H,50,51)/t22-,23+,24?,25?,26-,28-,31+,42-/m1/s1. The van der Waals surface area contributed by atoms with Gasteiger partial charge in [-0.15, -0.1) is 17.9 Å². The van der Waals surface area contributed by atoms with Crippen molar-refractivity contribution < 1.29 is 38.5 Å². The van der Waals surface area contributed by atoms with Crippen molar-refractivity contribution in [3.05, 3.63) is 47.0 Å². The Balaban J connectivity index is 1.21. The summed E-state index contributed by atoms with van der Waals surface area (Å²) >= 11 is 8.28. The molecule has 7 rings (SSSR count). The van der Waals surface area contributed by atoms with E-state index in [4.69, 9.17) is 35.8 Å². The van der Waals surface area contributed by atoms with Gasteiger partial charge in [0.2, 0.25) is 5.91 Å². The van der Waals surface area contributed by atoms with Gasteiger partial charge in [0.05, 0.1) is 48.7 Å². The topological polar surface area (TPSA) is 145 Å². The number of carboxylic acids is 1. The number of halogens is 1. The van der Waals surface area contributed by atoms with Crippen molar-refractivity contribution in [2.75, 3.05) is 13.7 Å². The van der Waals surface area contributed by atoms with Gasteiger partial charge >= 0.3 is 11.9 Å². The lowest BCUT2D eigenvalue weighted by molar-refractivity contribution is -0.157. The van der Waals surface area contributed by atoms with E-state index in [1.54, 1.807) is 18.2 Å². The fourth-order valence-corrected chi connectivity index (χ4v) is 9.79. The third-order valence-corrected chi connectivity index (χ3v) is 13.4. The maximum Gasteiger partial charge on any atom is 0.310 e. The summed E-state index contributed by atoms with van der Waals surface area (Å²) in [5, 5.41) is 13.8. The van der Waals surface area contributed by atoms with Crippen molar-refractivity contribution in [1.29, 1.82) is 0 Å². The SMILES string of the molecule is C=CC1C[C@]1(CC(=O)[C@@H]1C[C@@H](Oc2cc(-c3nc(C(C)C)cs3)nc3c(Cl)c(OC)ccc23)CN1C(=O)[C@@H](CC(=O)OC1C[C@@H]2C[C@@H]2C1)C(C)(C)C)C(=O)O. The van der Waals surface area contributed by atoms with E-state index in [0.717, 1.165) is 18.5 Å². The summed E-state index contributed by atoms with van der Waals surface area (Å²) in [4.78, 5) is 66.0. The highest BCUT2D eigenvalue weighted by Crippen LogP contribution is 2.57. The molecule has 1 saturated heterocycles. The quantitative estimate of drug-likeness (QED) is 0.126. The average Bonchev–Trinajstić information content (AvgIpc) is 3.77. The lowest BCUT2D eigenvalue weighted by atomic mass is 9.77. The van der Waals surface area contributed by atoms with Gasteiger partial charge in [-0.05, 0) is 66.9 Å². The monoisotopic (exact) mass is 791 g/mol. The van der Waals surface area contributed by atoms with Gasteiger partial charge < -0.3 is 24.2 Å². The molecule has 1 aromatic carbocycles. The predicted molar refractivity (Wildman–Crippen MR) is 209 cm³/mol. The summed E-state index contributed by atoms with van der Waals surface area (Å²) in [6, 6.07) is 4.37. The van der Waals surface area contributed by atoms with Crippen LogP contribution in [0.2, 0.25) is 5.02 Å². The van der Waals surface area contributed by atoms with Gasteiger partial charge in [-0.25, -0.2) is 9.97 Å². The molecule has 55 heavy (non-hydrogen) atoms. The number of ether oxygens (including phenoxy) is 3. The molecule has 2 aromatic heterocycles. The number of thiazole rings is 1. The number of Topliss-reactive ketones (excluding diaryl/α,β-unsaturated/α-hetero) is 1. The molecule has 294 valence electrons. The number of allylic oxidation sites excluding steroid dienone is 1. The highest BCUT2D eigenvalue weighted by molar-refractivity contribution is 7.13. The Kier molecular flexibility index (Phi) is 10.6. The zero-order valence-electron chi connectivity index (χ0n) is 32.3. The molecule has 3 aliphatic carbocycles. The van der Waals surface area contributed by atoms with Crippen molar-refractivity contribution in [2.24, 2.45) is 34.5 Å². The molecule has 0 spiro atoms. The van der Waals surface area contributed by atoms with Crippen molar-refractivity contribution >= 4 is 57.5 Å². The minimum atomic E-state index is -1.25. The number of carbonyl (C=O) groups is 4. The molecule has 3 heterocycles. The normalized spacial score (nSPS) is 27.5. The Morgan fingerprint density at radius 1 is 1.09 bits per heavy atom. The van der Waals surface area contributed by atoms with Crippen LogP contribution in [0.4, 0.5) is 0 Å². The summed E-state index contributed by atoms with van der Waals surface area (Å²) < 4.78 is 18.1. The Morgan fingerprint density at radius 2 is 1.82 bits per heavy atom. The summed E-state index contributed by atoms with van der Waals surface area (Å²) in [6.45, 7) is 13.7. The number of pyridine rings is 1. The number of benzene rings is 1. The van der Waals surface area contributed by atoms with Gasteiger partial charge in [0.25, 0.3) is 0 Å². The maximum absolute atomic E-state index is 14.7. The predicted octanol–water partition coefficient (Wildman–Crippen LogP) is 8.12. The van der Waals surface area contributed by atoms with Crippen LogP contribution < -0.4 is 9.47 Å². The van der Waals surface area contributed by atoms with Crippen LogP contribution in [0.1, 0.15) is 91.2 Å². The first-order chi connectivity index (χ1) is 26.0. The Morgan fingerprint density at radius 3 is 2.42 bits per heavy atom. The number of carbonyl (C=O) groups excluding carboxylic acids is 3. The number of esters is 1. The molecule has 4 aliphatic rings. The maximum atomic E-state index is 14.7.